The van der Waals surface area contributed by atoms with Gasteiger partial charge in [-0.3, -0.25) is 0 Å². The van der Waals surface area contributed by atoms with Gasteiger partial charge in [-0.2, -0.15) is 0 Å². The Bertz CT molecular complexity index is 774. The van der Waals surface area contributed by atoms with E-state index in [1.165, 1.54) is 7.11 Å². The maximum Gasteiger partial charge on any atom is 0.338 e. The molecule has 4 heteroatoms. The van der Waals surface area contributed by atoms with E-state index in [-0.39, 0.29) is 11.8 Å². The topological polar surface area (TPSA) is 39.4 Å². The molecular formula is C15H11ClO3. The van der Waals surface area contributed by atoms with Crippen LogP contribution in [-0.2, 0) is 10.6 Å². The summed E-state index contributed by atoms with van der Waals surface area (Å²) in [6.07, 6.45) is 0. The van der Waals surface area contributed by atoms with E-state index in [0.29, 0.717) is 5.56 Å². The van der Waals surface area contributed by atoms with Crippen molar-refractivity contribution in [1.82, 2.24) is 0 Å². The lowest BCUT2D eigenvalue weighted by atomic mass is 10.0. The van der Waals surface area contributed by atoms with Crippen LogP contribution in [0.1, 0.15) is 15.9 Å². The number of rotatable bonds is 2. The predicted octanol–water partition coefficient (Wildman–Crippen LogP) is 4.11. The molecule has 0 N–H and O–H groups in total. The highest BCUT2D eigenvalue weighted by Crippen LogP contribution is 2.34. The van der Waals surface area contributed by atoms with Gasteiger partial charge in [-0.25, -0.2) is 4.79 Å². The third kappa shape index (κ3) is 1.78. The van der Waals surface area contributed by atoms with E-state index in [1.54, 1.807) is 12.1 Å². The second-order valence-corrected chi connectivity index (χ2v) is 4.46. The summed E-state index contributed by atoms with van der Waals surface area (Å²) in [6.45, 7) is 0. The number of hydrogen-bond acceptors (Lipinski definition) is 3. The molecule has 0 saturated heterocycles. The van der Waals surface area contributed by atoms with Crippen molar-refractivity contribution in [2.75, 3.05) is 7.11 Å². The summed E-state index contributed by atoms with van der Waals surface area (Å²) in [7, 11) is 1.36. The third-order valence-corrected chi connectivity index (χ3v) is 3.46. The quantitative estimate of drug-likeness (QED) is 0.521. The summed E-state index contributed by atoms with van der Waals surface area (Å²) >= 11 is 6.02. The lowest BCUT2D eigenvalue weighted by Gasteiger charge is -2.06. The maximum absolute atomic E-state index is 11.8. The molecule has 0 aliphatic rings. The number of para-hydroxylation sites is 1. The molecule has 0 aliphatic heterocycles. The van der Waals surface area contributed by atoms with Crippen molar-refractivity contribution >= 4 is 39.5 Å². The highest BCUT2D eigenvalue weighted by molar-refractivity contribution is 6.20. The van der Waals surface area contributed by atoms with Crippen molar-refractivity contribution in [3.63, 3.8) is 0 Å². The van der Waals surface area contributed by atoms with Crippen LogP contribution in [0.25, 0.3) is 21.9 Å². The van der Waals surface area contributed by atoms with Crippen LogP contribution >= 0.6 is 11.6 Å². The average molecular weight is 275 g/mol. The number of hydrogen-bond donors (Lipinski definition) is 0. The first-order valence-corrected chi connectivity index (χ1v) is 6.37. The number of carbonyl (C=O) groups excluding carboxylic acids is 1. The van der Waals surface area contributed by atoms with Gasteiger partial charge in [0, 0.05) is 16.7 Å². The molecule has 0 unspecified atom stereocenters. The van der Waals surface area contributed by atoms with Crippen molar-refractivity contribution in [3.05, 3.63) is 47.5 Å². The molecule has 0 aliphatic carbocycles. The summed E-state index contributed by atoms with van der Waals surface area (Å²) in [5, 5.41) is 1.84. The van der Waals surface area contributed by atoms with E-state index in [4.69, 9.17) is 20.8 Å². The monoisotopic (exact) mass is 274 g/mol. The van der Waals surface area contributed by atoms with Crippen LogP contribution in [0.4, 0.5) is 0 Å². The Morgan fingerprint density at radius 2 is 2.00 bits per heavy atom. The fourth-order valence-electron chi connectivity index (χ4n) is 2.33. The molecule has 96 valence electrons. The lowest BCUT2D eigenvalue weighted by molar-refractivity contribution is 0.0600. The van der Waals surface area contributed by atoms with Gasteiger partial charge in [0.2, 0.25) is 0 Å². The molecule has 2 aromatic carbocycles. The highest BCUT2D eigenvalue weighted by Gasteiger charge is 2.18. The minimum absolute atomic E-state index is 0.227. The second-order valence-electron chi connectivity index (χ2n) is 4.19. The summed E-state index contributed by atoms with van der Waals surface area (Å²) in [6, 6.07) is 11.2. The lowest BCUT2D eigenvalue weighted by Crippen LogP contribution is -2.04. The van der Waals surface area contributed by atoms with Gasteiger partial charge in [0.05, 0.1) is 12.7 Å². The van der Waals surface area contributed by atoms with Gasteiger partial charge in [-0.1, -0.05) is 18.2 Å². The van der Waals surface area contributed by atoms with E-state index < -0.39 is 0 Å². The van der Waals surface area contributed by atoms with Crippen molar-refractivity contribution in [2.24, 2.45) is 0 Å². The molecule has 19 heavy (non-hydrogen) atoms. The van der Waals surface area contributed by atoms with Crippen molar-refractivity contribution in [2.45, 2.75) is 5.88 Å². The zero-order valence-electron chi connectivity index (χ0n) is 10.3. The van der Waals surface area contributed by atoms with Crippen LogP contribution in [0.5, 0.6) is 0 Å². The number of fused-ring (bicyclic) bond motifs is 3. The number of alkyl halides is 1. The molecule has 1 heterocycles. The number of methoxy groups -OCH3 is 1. The first-order chi connectivity index (χ1) is 9.26. The Kier molecular flexibility index (Phi) is 2.91. The van der Waals surface area contributed by atoms with Gasteiger partial charge in [0.1, 0.15) is 11.2 Å². The fourth-order valence-corrected chi connectivity index (χ4v) is 2.60. The molecule has 0 bridgehead atoms. The first kappa shape index (κ1) is 12.1. The van der Waals surface area contributed by atoms with Crippen LogP contribution in [0, 0.1) is 0 Å². The van der Waals surface area contributed by atoms with E-state index in [2.05, 4.69) is 0 Å². The van der Waals surface area contributed by atoms with E-state index in [0.717, 1.165) is 27.5 Å². The smallest absolute Gasteiger partial charge is 0.338 e. The highest BCUT2D eigenvalue weighted by atomic mass is 35.5. The molecule has 0 fully saturated rings. The summed E-state index contributed by atoms with van der Waals surface area (Å²) in [5.41, 5.74) is 2.74. The fraction of sp³-hybridized carbons (Fsp3) is 0.133. The standard InChI is InChI=1S/C15H11ClO3/c1-18-15(17)9-6-7-13-14(11(9)8-16)10-4-2-3-5-12(10)19-13/h2-7H,8H2,1H3. The minimum Gasteiger partial charge on any atom is -0.465 e. The predicted molar refractivity (Wildman–Crippen MR) is 74.6 cm³/mol. The number of carbonyl (C=O) groups is 1. The Hall–Kier alpha value is -2.00. The van der Waals surface area contributed by atoms with Gasteiger partial charge in [-0.15, -0.1) is 11.6 Å². The molecule has 0 saturated carbocycles. The van der Waals surface area contributed by atoms with Crippen LogP contribution in [0.2, 0.25) is 0 Å². The summed E-state index contributed by atoms with van der Waals surface area (Å²) in [4.78, 5) is 11.8. The van der Waals surface area contributed by atoms with E-state index >= 15 is 0 Å². The molecular weight excluding hydrogens is 264 g/mol. The summed E-state index contributed by atoms with van der Waals surface area (Å²) < 4.78 is 10.5. The number of ether oxygens (including phenoxy) is 1. The second kappa shape index (κ2) is 4.59. The number of furan rings is 1. The van der Waals surface area contributed by atoms with Crippen LogP contribution in [0.3, 0.4) is 0 Å². The average Bonchev–Trinajstić information content (AvgIpc) is 2.84. The zero-order chi connectivity index (χ0) is 13.4. The van der Waals surface area contributed by atoms with Gasteiger partial charge in [0.15, 0.2) is 0 Å². The Labute approximate surface area is 114 Å². The SMILES string of the molecule is COC(=O)c1ccc2oc3ccccc3c2c1CCl. The molecule has 0 radical (unpaired) electrons. The zero-order valence-corrected chi connectivity index (χ0v) is 11.0. The van der Waals surface area contributed by atoms with Gasteiger partial charge in [0.25, 0.3) is 0 Å². The first-order valence-electron chi connectivity index (χ1n) is 5.83. The Morgan fingerprint density at radius 3 is 2.74 bits per heavy atom. The molecule has 3 nitrogen and oxygen atoms in total. The Morgan fingerprint density at radius 1 is 1.21 bits per heavy atom. The largest absolute Gasteiger partial charge is 0.465 e. The van der Waals surface area contributed by atoms with Crippen molar-refractivity contribution < 1.29 is 13.9 Å². The number of benzene rings is 2. The Balaban J connectivity index is 2.44. The van der Waals surface area contributed by atoms with E-state index in [1.807, 2.05) is 24.3 Å². The van der Waals surface area contributed by atoms with Crippen molar-refractivity contribution in [3.8, 4) is 0 Å². The number of esters is 1. The molecule has 0 spiro atoms. The molecule has 0 amide bonds. The van der Waals surface area contributed by atoms with Gasteiger partial charge >= 0.3 is 5.97 Å². The summed E-state index contributed by atoms with van der Waals surface area (Å²) in [5.74, 6) is -0.159. The number of halogens is 1. The van der Waals surface area contributed by atoms with Crippen LogP contribution in [-0.4, -0.2) is 13.1 Å². The van der Waals surface area contributed by atoms with Gasteiger partial charge in [-0.05, 0) is 23.8 Å². The maximum atomic E-state index is 11.8. The molecule has 0 atom stereocenters. The van der Waals surface area contributed by atoms with Crippen molar-refractivity contribution in [1.29, 1.82) is 0 Å². The molecule has 1 aromatic heterocycles. The third-order valence-electron chi connectivity index (χ3n) is 3.19. The minimum atomic E-state index is -0.386. The van der Waals surface area contributed by atoms with Gasteiger partial charge < -0.3 is 9.15 Å². The molecule has 3 aromatic rings. The van der Waals surface area contributed by atoms with Crippen LogP contribution in [0.15, 0.2) is 40.8 Å². The molecule has 3 rings (SSSR count). The van der Waals surface area contributed by atoms with Crippen LogP contribution < -0.4 is 0 Å². The normalized spacial score (nSPS) is 11.1. The van der Waals surface area contributed by atoms with E-state index in [9.17, 15) is 4.79 Å².